The average Bonchev–Trinajstić information content (AvgIpc) is 2.74. The Morgan fingerprint density at radius 3 is 1.59 bits per heavy atom. The van der Waals surface area contributed by atoms with Gasteiger partial charge in [0.1, 0.15) is 5.69 Å². The van der Waals surface area contributed by atoms with Crippen molar-refractivity contribution in [3.63, 3.8) is 0 Å². The normalized spacial score (nSPS) is 11.7. The quantitative estimate of drug-likeness (QED) is 0.123. The summed E-state index contributed by atoms with van der Waals surface area (Å²) >= 11 is 0. The topological polar surface area (TPSA) is 12.4 Å². The van der Waals surface area contributed by atoms with Crippen molar-refractivity contribution in [2.75, 3.05) is 26.7 Å². The maximum absolute atomic E-state index is 4.63. The molecule has 1 aromatic rings. The molecule has 0 fully saturated rings. The van der Waals surface area contributed by atoms with Crippen LogP contribution in [0.25, 0.3) is 0 Å². The molecule has 3 heteroatoms. The molecule has 0 aliphatic carbocycles. The van der Waals surface area contributed by atoms with E-state index in [4.69, 9.17) is 0 Å². The molecule has 0 amide bonds. The molecule has 168 valence electrons. The van der Waals surface area contributed by atoms with E-state index in [-0.39, 0.29) is 24.0 Å². The predicted molar refractivity (Wildman–Crippen MR) is 129 cm³/mol. The van der Waals surface area contributed by atoms with E-state index >= 15 is 0 Å². The number of hydrogen-bond acceptors (Lipinski definition) is 1. The Morgan fingerprint density at radius 1 is 0.690 bits per heavy atom. The zero-order valence-electron chi connectivity index (χ0n) is 19.8. The molecule has 0 heterocycles. The third-order valence-electron chi connectivity index (χ3n) is 6.29. The number of benzene rings is 1. The van der Waals surface area contributed by atoms with E-state index in [1.54, 1.807) is 0 Å². The fraction of sp³-hybridized carbons (Fsp3) is 0.731. The van der Waals surface area contributed by atoms with E-state index < -0.39 is 0 Å². The zero-order chi connectivity index (χ0) is 20.5. The van der Waals surface area contributed by atoms with E-state index in [1.165, 1.54) is 88.3 Å². The van der Waals surface area contributed by atoms with Crippen molar-refractivity contribution in [1.29, 1.82) is 0 Å². The second-order valence-corrected chi connectivity index (χ2v) is 8.54. The summed E-state index contributed by atoms with van der Waals surface area (Å²) in [6.45, 7) is 10.0. The van der Waals surface area contributed by atoms with E-state index in [0.29, 0.717) is 0 Å². The Morgan fingerprint density at radius 2 is 1.14 bits per heavy atom. The molecule has 0 saturated heterocycles. The maximum atomic E-state index is 4.63. The van der Waals surface area contributed by atoms with E-state index in [1.807, 2.05) is 6.21 Å². The lowest BCUT2D eigenvalue weighted by molar-refractivity contribution is -0.00000616. The minimum absolute atomic E-state index is 0. The van der Waals surface area contributed by atoms with Crippen LogP contribution >= 0.6 is 0 Å². The maximum Gasteiger partial charge on any atom is 0.132 e. The van der Waals surface area contributed by atoms with Crippen LogP contribution in [0, 0.1) is 0 Å². The lowest BCUT2D eigenvalue weighted by Gasteiger charge is -2.31. The molecule has 0 spiro atoms. The molecule has 1 rings (SSSR count). The number of halogens is 1. The molecule has 1 aromatic carbocycles. The van der Waals surface area contributed by atoms with Crippen molar-refractivity contribution in [2.24, 2.45) is 4.99 Å². The van der Waals surface area contributed by atoms with Gasteiger partial charge in [0.25, 0.3) is 0 Å². The monoisotopic (exact) mass is 514 g/mol. The Bertz CT molecular complexity index is 506. The summed E-state index contributed by atoms with van der Waals surface area (Å²) in [7, 11) is 2.30. The van der Waals surface area contributed by atoms with Crippen LogP contribution in [0.3, 0.4) is 0 Å². The first-order valence-electron chi connectivity index (χ1n) is 12.1. The standard InChI is InChI=1S/C26H47N2.HI/c1-5-8-9-10-11-12-13-14-15-16-17-18-23-27-24-25-19-21-26(22-20-25)28(4,6-2)7-3;/h19-22,24H,5-18,23H2,1-4H3;1H/q+1;/p-1. The summed E-state index contributed by atoms with van der Waals surface area (Å²) in [6.07, 6.45) is 18.8. The summed E-state index contributed by atoms with van der Waals surface area (Å²) in [4.78, 5) is 4.63. The molecular formula is C26H47IN2. The summed E-state index contributed by atoms with van der Waals surface area (Å²) in [5.74, 6) is 0. The van der Waals surface area contributed by atoms with Crippen LogP contribution in [0.1, 0.15) is 103 Å². The smallest absolute Gasteiger partial charge is 0.132 e. The summed E-state index contributed by atoms with van der Waals surface area (Å²) in [5, 5.41) is 0. The number of quaternary nitrogens is 1. The highest BCUT2D eigenvalue weighted by Gasteiger charge is 2.19. The number of nitrogens with zero attached hydrogens (tertiary/aromatic N) is 2. The van der Waals surface area contributed by atoms with Crippen LogP contribution in [-0.4, -0.2) is 32.9 Å². The number of hydrogen-bond donors (Lipinski definition) is 0. The van der Waals surface area contributed by atoms with Gasteiger partial charge >= 0.3 is 0 Å². The van der Waals surface area contributed by atoms with Gasteiger partial charge in [-0.3, -0.25) is 9.48 Å². The molecule has 0 N–H and O–H groups in total. The summed E-state index contributed by atoms with van der Waals surface area (Å²) in [5.41, 5.74) is 2.62. The van der Waals surface area contributed by atoms with Crippen molar-refractivity contribution in [3.8, 4) is 0 Å². The summed E-state index contributed by atoms with van der Waals surface area (Å²) in [6, 6.07) is 8.95. The minimum Gasteiger partial charge on any atom is -1.00 e. The molecule has 0 radical (unpaired) electrons. The van der Waals surface area contributed by atoms with Gasteiger partial charge in [0.2, 0.25) is 0 Å². The lowest BCUT2D eigenvalue weighted by Crippen LogP contribution is -3.00. The number of aliphatic imine (C=N–C) groups is 1. The van der Waals surface area contributed by atoms with E-state index in [9.17, 15) is 0 Å². The second kappa shape index (κ2) is 18.4. The fourth-order valence-electron chi connectivity index (χ4n) is 3.72. The van der Waals surface area contributed by atoms with Crippen molar-refractivity contribution in [2.45, 2.75) is 97.8 Å². The van der Waals surface area contributed by atoms with Gasteiger partial charge in [-0.1, -0.05) is 77.6 Å². The molecule has 0 bridgehead atoms. The van der Waals surface area contributed by atoms with Crippen molar-refractivity contribution in [3.05, 3.63) is 29.8 Å². The summed E-state index contributed by atoms with van der Waals surface area (Å²) < 4.78 is 0.996. The number of unbranched alkanes of at least 4 members (excludes halogenated alkanes) is 11. The molecule has 0 unspecified atom stereocenters. The Labute approximate surface area is 199 Å². The van der Waals surface area contributed by atoms with E-state index in [0.717, 1.165) is 24.1 Å². The van der Waals surface area contributed by atoms with Crippen LogP contribution in [0.5, 0.6) is 0 Å². The van der Waals surface area contributed by atoms with Gasteiger partial charge in [-0.05, 0) is 50.1 Å². The highest BCUT2D eigenvalue weighted by molar-refractivity contribution is 5.80. The van der Waals surface area contributed by atoms with Crippen LogP contribution in [-0.2, 0) is 0 Å². The molecule has 0 aliphatic rings. The third kappa shape index (κ3) is 12.8. The predicted octanol–water partition coefficient (Wildman–Crippen LogP) is 4.79. The zero-order valence-corrected chi connectivity index (χ0v) is 21.9. The fourth-order valence-corrected chi connectivity index (χ4v) is 3.72. The Kier molecular flexibility index (Phi) is 18.1. The SMILES string of the molecule is CCCCCCCCCCCCCCN=Cc1ccc([N+](C)(CC)CC)cc1.[I-]. The largest absolute Gasteiger partial charge is 1.00 e. The van der Waals surface area contributed by atoms with Gasteiger partial charge in [0, 0.05) is 12.8 Å². The lowest BCUT2D eigenvalue weighted by atomic mass is 10.1. The Balaban J connectivity index is 0.00000784. The van der Waals surface area contributed by atoms with E-state index in [2.05, 4.69) is 57.1 Å². The first kappa shape index (κ1) is 28.6. The minimum atomic E-state index is 0. The second-order valence-electron chi connectivity index (χ2n) is 8.54. The molecule has 2 nitrogen and oxygen atoms in total. The molecule has 0 aliphatic heterocycles. The van der Waals surface area contributed by atoms with Gasteiger partial charge in [0.15, 0.2) is 0 Å². The highest BCUT2D eigenvalue weighted by Crippen LogP contribution is 2.20. The third-order valence-corrected chi connectivity index (χ3v) is 6.29. The van der Waals surface area contributed by atoms with Gasteiger partial charge in [-0.25, -0.2) is 0 Å². The Hall–Kier alpha value is -0.420. The van der Waals surface area contributed by atoms with Crippen LogP contribution in [0.15, 0.2) is 29.3 Å². The molecule has 0 atom stereocenters. The van der Waals surface area contributed by atoms with Gasteiger partial charge in [-0.15, -0.1) is 0 Å². The van der Waals surface area contributed by atoms with Crippen LogP contribution in [0.2, 0.25) is 0 Å². The van der Waals surface area contributed by atoms with Crippen molar-refractivity contribution >= 4 is 11.9 Å². The highest BCUT2D eigenvalue weighted by atomic mass is 127. The van der Waals surface area contributed by atoms with Gasteiger partial charge in [-0.2, -0.15) is 0 Å². The van der Waals surface area contributed by atoms with Crippen molar-refractivity contribution < 1.29 is 24.0 Å². The first-order chi connectivity index (χ1) is 13.7. The van der Waals surface area contributed by atoms with Gasteiger partial charge < -0.3 is 24.0 Å². The van der Waals surface area contributed by atoms with Crippen LogP contribution < -0.4 is 28.5 Å². The molecule has 0 saturated carbocycles. The van der Waals surface area contributed by atoms with Crippen molar-refractivity contribution in [1.82, 2.24) is 4.48 Å². The van der Waals surface area contributed by atoms with Gasteiger partial charge in [0.05, 0.1) is 20.1 Å². The van der Waals surface area contributed by atoms with Crippen LogP contribution in [0.4, 0.5) is 5.69 Å². The first-order valence-corrected chi connectivity index (χ1v) is 12.1. The molecule has 0 aromatic heterocycles. The molecule has 29 heavy (non-hydrogen) atoms. The average molecular weight is 515 g/mol. The number of rotatable bonds is 17. The molecular weight excluding hydrogens is 467 g/mol.